The van der Waals surface area contributed by atoms with Crippen LogP contribution in [0.4, 0.5) is 17.6 Å². The number of para-hydroxylation sites is 2. The summed E-state index contributed by atoms with van der Waals surface area (Å²) in [4.78, 5) is 27.7. The quantitative estimate of drug-likeness (QED) is 0.588. The second-order valence-corrected chi connectivity index (χ2v) is 8.35. The number of nitrogens with one attached hydrogen (secondary N) is 2. The van der Waals surface area contributed by atoms with E-state index in [-0.39, 0.29) is 23.8 Å². The van der Waals surface area contributed by atoms with Gasteiger partial charge in [0.15, 0.2) is 0 Å². The van der Waals surface area contributed by atoms with Crippen molar-refractivity contribution in [3.63, 3.8) is 0 Å². The molecule has 1 aromatic carbocycles. The molecule has 1 aromatic heterocycles. The number of rotatable bonds is 8. The summed E-state index contributed by atoms with van der Waals surface area (Å²) in [6.45, 7) is 8.48. The van der Waals surface area contributed by atoms with Gasteiger partial charge in [-0.2, -0.15) is 15.0 Å². The number of ether oxygens (including phenoxy) is 1. The third-order valence-corrected chi connectivity index (χ3v) is 5.75. The van der Waals surface area contributed by atoms with Crippen molar-refractivity contribution < 1.29 is 9.53 Å². The second kappa shape index (κ2) is 10.4. The average Bonchev–Trinajstić information content (AvgIpc) is 2.74. The van der Waals surface area contributed by atoms with Crippen LogP contribution < -0.4 is 21.1 Å². The number of likely N-dealkylation sites (tertiary alicyclic amines) is 1. The summed E-state index contributed by atoms with van der Waals surface area (Å²) in [5, 5.41) is 6.29. The van der Waals surface area contributed by atoms with Crippen LogP contribution in [0.15, 0.2) is 24.3 Å². The first kappa shape index (κ1) is 22.7. The van der Waals surface area contributed by atoms with E-state index in [0.29, 0.717) is 30.0 Å². The lowest BCUT2D eigenvalue weighted by molar-refractivity contribution is -0.127. The SMILES string of the molecule is COc1ccccc1Nc1nc(N)nc(CN2CCC(C(=O)NC(C)C(C)C)CC2)n1. The maximum Gasteiger partial charge on any atom is 0.232 e. The van der Waals surface area contributed by atoms with Gasteiger partial charge in [0.2, 0.25) is 17.8 Å². The Bertz CT molecular complexity index is 882. The average molecular weight is 428 g/mol. The smallest absolute Gasteiger partial charge is 0.232 e. The molecule has 1 amide bonds. The summed E-state index contributed by atoms with van der Waals surface area (Å²) in [6.07, 6.45) is 1.65. The highest BCUT2D eigenvalue weighted by molar-refractivity contribution is 5.79. The molecule has 0 bridgehead atoms. The van der Waals surface area contributed by atoms with Gasteiger partial charge in [-0.15, -0.1) is 0 Å². The lowest BCUT2D eigenvalue weighted by Gasteiger charge is -2.31. The van der Waals surface area contributed by atoms with Crippen LogP contribution in [-0.4, -0.2) is 52.0 Å². The number of nitrogen functional groups attached to an aromatic ring is 1. The normalized spacial score (nSPS) is 16.2. The van der Waals surface area contributed by atoms with E-state index in [2.05, 4.69) is 51.3 Å². The monoisotopic (exact) mass is 427 g/mol. The molecule has 9 heteroatoms. The molecular weight excluding hydrogens is 394 g/mol. The van der Waals surface area contributed by atoms with Gasteiger partial charge in [0.25, 0.3) is 0 Å². The van der Waals surface area contributed by atoms with E-state index in [9.17, 15) is 4.79 Å². The van der Waals surface area contributed by atoms with Gasteiger partial charge in [-0.25, -0.2) is 0 Å². The maximum absolute atomic E-state index is 12.5. The van der Waals surface area contributed by atoms with Gasteiger partial charge in [0.1, 0.15) is 11.6 Å². The number of carbonyl (C=O) groups excluding carboxylic acids is 1. The summed E-state index contributed by atoms with van der Waals surface area (Å²) in [7, 11) is 1.61. The molecule has 1 saturated heterocycles. The first-order valence-corrected chi connectivity index (χ1v) is 10.8. The van der Waals surface area contributed by atoms with E-state index in [1.807, 2.05) is 24.3 Å². The third kappa shape index (κ3) is 6.27. The van der Waals surface area contributed by atoms with Crippen LogP contribution in [0, 0.1) is 11.8 Å². The number of nitrogens with zero attached hydrogens (tertiary/aromatic N) is 4. The minimum atomic E-state index is 0.0589. The molecule has 4 N–H and O–H groups in total. The molecule has 1 fully saturated rings. The Hall–Kier alpha value is -2.94. The van der Waals surface area contributed by atoms with Crippen LogP contribution in [-0.2, 0) is 11.3 Å². The van der Waals surface area contributed by atoms with E-state index < -0.39 is 0 Å². The molecule has 1 atom stereocenters. The van der Waals surface area contributed by atoms with Crippen LogP contribution in [0.1, 0.15) is 39.4 Å². The largest absolute Gasteiger partial charge is 0.495 e. The number of aromatic nitrogens is 3. The fourth-order valence-electron chi connectivity index (χ4n) is 3.50. The number of amides is 1. The molecule has 9 nitrogen and oxygen atoms in total. The standard InChI is InChI=1S/C22H33N7O2/c1-14(2)15(3)24-20(30)16-9-11-29(12-10-16)13-19-26-21(23)28-22(27-19)25-17-7-5-6-8-18(17)31-4/h5-8,14-16H,9-13H2,1-4H3,(H,24,30)(H3,23,25,26,27,28). The molecule has 0 aliphatic carbocycles. The highest BCUT2D eigenvalue weighted by Crippen LogP contribution is 2.26. The van der Waals surface area contributed by atoms with Crippen LogP contribution in [0.5, 0.6) is 5.75 Å². The van der Waals surface area contributed by atoms with Crippen molar-refractivity contribution in [1.29, 1.82) is 0 Å². The fourth-order valence-corrected chi connectivity index (χ4v) is 3.50. The highest BCUT2D eigenvalue weighted by atomic mass is 16.5. The molecule has 1 aliphatic rings. The van der Waals surface area contributed by atoms with E-state index in [4.69, 9.17) is 10.5 Å². The van der Waals surface area contributed by atoms with Crippen LogP contribution in [0.25, 0.3) is 0 Å². The minimum absolute atomic E-state index is 0.0589. The molecule has 0 radical (unpaired) electrons. The van der Waals surface area contributed by atoms with Gasteiger partial charge in [0.05, 0.1) is 19.3 Å². The zero-order valence-corrected chi connectivity index (χ0v) is 18.8. The van der Waals surface area contributed by atoms with E-state index in [1.165, 1.54) is 0 Å². The number of benzene rings is 1. The zero-order chi connectivity index (χ0) is 22.4. The molecule has 1 aliphatic heterocycles. The van der Waals surface area contributed by atoms with Crippen molar-refractivity contribution in [1.82, 2.24) is 25.2 Å². The van der Waals surface area contributed by atoms with Crippen molar-refractivity contribution in [2.75, 3.05) is 31.2 Å². The Balaban J connectivity index is 1.58. The molecule has 168 valence electrons. The van der Waals surface area contributed by atoms with Crippen molar-refractivity contribution in [2.24, 2.45) is 11.8 Å². The lowest BCUT2D eigenvalue weighted by atomic mass is 9.95. The Labute approximate surface area is 183 Å². The minimum Gasteiger partial charge on any atom is -0.495 e. The number of nitrogens with two attached hydrogens (primary N) is 1. The summed E-state index contributed by atoms with van der Waals surface area (Å²) in [6, 6.07) is 7.72. The first-order chi connectivity index (χ1) is 14.9. The zero-order valence-electron chi connectivity index (χ0n) is 18.8. The third-order valence-electron chi connectivity index (χ3n) is 5.75. The van der Waals surface area contributed by atoms with E-state index >= 15 is 0 Å². The second-order valence-electron chi connectivity index (χ2n) is 8.35. The van der Waals surface area contributed by atoms with Crippen molar-refractivity contribution in [2.45, 2.75) is 46.2 Å². The lowest BCUT2D eigenvalue weighted by Crippen LogP contribution is -2.44. The molecule has 31 heavy (non-hydrogen) atoms. The number of carbonyl (C=O) groups is 1. The number of piperidine rings is 1. The number of hydrogen-bond acceptors (Lipinski definition) is 8. The van der Waals surface area contributed by atoms with Crippen molar-refractivity contribution in [3.05, 3.63) is 30.1 Å². The molecule has 2 aromatic rings. The Kier molecular flexibility index (Phi) is 7.62. The van der Waals surface area contributed by atoms with Crippen LogP contribution in [0.3, 0.4) is 0 Å². The van der Waals surface area contributed by atoms with Crippen LogP contribution >= 0.6 is 0 Å². The van der Waals surface area contributed by atoms with Crippen LogP contribution in [0.2, 0.25) is 0 Å². The summed E-state index contributed by atoms with van der Waals surface area (Å²) >= 11 is 0. The molecule has 0 saturated carbocycles. The Morgan fingerprint density at radius 1 is 1.19 bits per heavy atom. The molecular formula is C22H33N7O2. The van der Waals surface area contributed by atoms with E-state index in [1.54, 1.807) is 7.11 Å². The fraction of sp³-hybridized carbons (Fsp3) is 0.545. The Morgan fingerprint density at radius 3 is 2.58 bits per heavy atom. The van der Waals surface area contributed by atoms with Crippen molar-refractivity contribution in [3.8, 4) is 5.75 Å². The van der Waals surface area contributed by atoms with Gasteiger partial charge in [-0.05, 0) is 50.9 Å². The van der Waals surface area contributed by atoms with Gasteiger partial charge < -0.3 is 21.1 Å². The van der Waals surface area contributed by atoms with Gasteiger partial charge in [-0.1, -0.05) is 26.0 Å². The highest BCUT2D eigenvalue weighted by Gasteiger charge is 2.26. The van der Waals surface area contributed by atoms with Crippen molar-refractivity contribution >= 4 is 23.5 Å². The first-order valence-electron chi connectivity index (χ1n) is 10.8. The number of anilines is 3. The summed E-state index contributed by atoms with van der Waals surface area (Å²) in [5.41, 5.74) is 6.67. The Morgan fingerprint density at radius 2 is 1.90 bits per heavy atom. The molecule has 0 spiro atoms. The number of methoxy groups -OCH3 is 1. The van der Waals surface area contributed by atoms with Gasteiger partial charge in [0, 0.05) is 12.0 Å². The predicted octanol–water partition coefficient (Wildman–Crippen LogP) is 2.58. The number of hydrogen-bond donors (Lipinski definition) is 3. The van der Waals surface area contributed by atoms with E-state index in [0.717, 1.165) is 31.6 Å². The summed E-state index contributed by atoms with van der Waals surface area (Å²) < 4.78 is 5.36. The molecule has 3 rings (SSSR count). The van der Waals surface area contributed by atoms with Gasteiger partial charge in [-0.3, -0.25) is 9.69 Å². The predicted molar refractivity (Wildman–Crippen MR) is 121 cm³/mol. The maximum atomic E-state index is 12.5. The van der Waals surface area contributed by atoms with Gasteiger partial charge >= 0.3 is 0 Å². The molecule has 2 heterocycles. The summed E-state index contributed by atoms with van der Waals surface area (Å²) in [5.74, 6) is 2.48. The molecule has 1 unspecified atom stereocenters. The topological polar surface area (TPSA) is 118 Å².